The second kappa shape index (κ2) is 4.42. The Labute approximate surface area is 95.0 Å². The maximum atomic E-state index is 5.51. The Morgan fingerprint density at radius 1 is 1.20 bits per heavy atom. The summed E-state index contributed by atoms with van der Waals surface area (Å²) < 4.78 is 0. The highest BCUT2D eigenvalue weighted by Gasteiger charge is 2.64. The van der Waals surface area contributed by atoms with E-state index in [1.54, 1.807) is 0 Å². The van der Waals surface area contributed by atoms with E-state index in [1.165, 1.54) is 6.42 Å². The molecule has 2 heteroatoms. The maximum Gasteiger partial charge on any atom is 0.0181 e. The molecule has 1 aliphatic rings. The lowest BCUT2D eigenvalue weighted by Crippen LogP contribution is -2.27. The van der Waals surface area contributed by atoms with Crippen LogP contribution in [-0.2, 0) is 0 Å². The van der Waals surface area contributed by atoms with Crippen molar-refractivity contribution in [1.29, 1.82) is 0 Å². The van der Waals surface area contributed by atoms with Crippen molar-refractivity contribution in [3.05, 3.63) is 0 Å². The minimum Gasteiger partial charge on any atom is -0.330 e. The number of rotatable bonds is 6. The third-order valence-corrected chi connectivity index (χ3v) is 4.59. The van der Waals surface area contributed by atoms with Crippen LogP contribution in [-0.4, -0.2) is 19.1 Å². The van der Waals surface area contributed by atoms with Crippen molar-refractivity contribution in [1.82, 2.24) is 5.32 Å². The first-order valence-electron chi connectivity index (χ1n) is 6.27. The molecular formula is C13H28N2. The summed E-state index contributed by atoms with van der Waals surface area (Å²) in [6.07, 6.45) is 2.40. The van der Waals surface area contributed by atoms with Gasteiger partial charge >= 0.3 is 0 Å². The lowest BCUT2D eigenvalue weighted by atomic mass is 10.0. The molecule has 15 heavy (non-hydrogen) atoms. The van der Waals surface area contributed by atoms with Gasteiger partial charge in [-0.05, 0) is 42.7 Å². The molecule has 0 aromatic rings. The van der Waals surface area contributed by atoms with E-state index >= 15 is 0 Å². The van der Waals surface area contributed by atoms with Crippen LogP contribution in [0.4, 0.5) is 0 Å². The van der Waals surface area contributed by atoms with E-state index in [9.17, 15) is 0 Å². The van der Waals surface area contributed by atoms with Gasteiger partial charge in [-0.1, -0.05) is 34.6 Å². The molecule has 1 aliphatic carbocycles. The lowest BCUT2D eigenvalue weighted by Gasteiger charge is -2.13. The molecule has 1 rings (SSSR count). The van der Waals surface area contributed by atoms with Crippen molar-refractivity contribution in [2.75, 3.05) is 13.1 Å². The monoisotopic (exact) mass is 212 g/mol. The molecule has 1 fully saturated rings. The van der Waals surface area contributed by atoms with Crippen LogP contribution >= 0.6 is 0 Å². The molecule has 3 N–H and O–H groups in total. The van der Waals surface area contributed by atoms with E-state index < -0.39 is 0 Å². The summed E-state index contributed by atoms with van der Waals surface area (Å²) in [5, 5.41) is 3.70. The predicted molar refractivity (Wildman–Crippen MR) is 66.8 cm³/mol. The first-order valence-corrected chi connectivity index (χ1v) is 6.27. The molecule has 0 saturated heterocycles. The van der Waals surface area contributed by atoms with Gasteiger partial charge in [-0.3, -0.25) is 0 Å². The van der Waals surface area contributed by atoms with Crippen LogP contribution in [0.3, 0.4) is 0 Å². The Morgan fingerprint density at radius 2 is 1.73 bits per heavy atom. The SMILES string of the molecule is CC(CCCN)CNC1C(C)(C)C1(C)C. The zero-order chi connectivity index (χ0) is 11.7. The number of nitrogens with two attached hydrogens (primary N) is 1. The molecule has 90 valence electrons. The van der Waals surface area contributed by atoms with Gasteiger partial charge in [0.15, 0.2) is 0 Å². The molecule has 0 bridgehead atoms. The molecule has 0 aromatic heterocycles. The average Bonchev–Trinajstić information content (AvgIpc) is 2.51. The molecule has 0 radical (unpaired) electrons. The van der Waals surface area contributed by atoms with E-state index in [0.29, 0.717) is 16.9 Å². The Balaban J connectivity index is 2.22. The topological polar surface area (TPSA) is 38.0 Å². The fourth-order valence-corrected chi connectivity index (χ4v) is 2.59. The maximum absolute atomic E-state index is 5.51. The minimum absolute atomic E-state index is 0.459. The Bertz CT molecular complexity index is 195. The van der Waals surface area contributed by atoms with Crippen LogP contribution in [0.5, 0.6) is 0 Å². The molecule has 0 aliphatic heterocycles. The number of hydrogen-bond donors (Lipinski definition) is 2. The van der Waals surface area contributed by atoms with Crippen LogP contribution in [0.25, 0.3) is 0 Å². The van der Waals surface area contributed by atoms with Crippen molar-refractivity contribution < 1.29 is 0 Å². The van der Waals surface area contributed by atoms with Crippen molar-refractivity contribution in [3.8, 4) is 0 Å². The summed E-state index contributed by atoms with van der Waals surface area (Å²) in [5.41, 5.74) is 6.43. The van der Waals surface area contributed by atoms with Gasteiger partial charge < -0.3 is 11.1 Å². The molecule has 1 saturated carbocycles. The lowest BCUT2D eigenvalue weighted by molar-refractivity contribution is 0.443. The highest BCUT2D eigenvalue weighted by molar-refractivity contribution is 5.17. The summed E-state index contributed by atoms with van der Waals surface area (Å²) in [6, 6.07) is 0.685. The van der Waals surface area contributed by atoms with Gasteiger partial charge in [0, 0.05) is 6.04 Å². The average molecular weight is 212 g/mol. The van der Waals surface area contributed by atoms with E-state index in [-0.39, 0.29) is 0 Å². The Kier molecular flexibility index (Phi) is 3.83. The van der Waals surface area contributed by atoms with Gasteiger partial charge in [-0.2, -0.15) is 0 Å². The van der Waals surface area contributed by atoms with Gasteiger partial charge in [0.2, 0.25) is 0 Å². The van der Waals surface area contributed by atoms with Crippen molar-refractivity contribution in [2.45, 2.75) is 53.5 Å². The molecule has 2 nitrogen and oxygen atoms in total. The van der Waals surface area contributed by atoms with Gasteiger partial charge in [-0.15, -0.1) is 0 Å². The summed E-state index contributed by atoms with van der Waals surface area (Å²) >= 11 is 0. The van der Waals surface area contributed by atoms with E-state index in [1.807, 2.05) is 0 Å². The van der Waals surface area contributed by atoms with Crippen LogP contribution in [0.2, 0.25) is 0 Å². The molecule has 0 aromatic carbocycles. The number of hydrogen-bond acceptors (Lipinski definition) is 2. The van der Waals surface area contributed by atoms with Crippen LogP contribution in [0.15, 0.2) is 0 Å². The molecule has 0 heterocycles. The number of nitrogens with one attached hydrogen (secondary N) is 1. The zero-order valence-corrected chi connectivity index (χ0v) is 11.1. The third kappa shape index (κ3) is 2.54. The fourth-order valence-electron chi connectivity index (χ4n) is 2.59. The highest BCUT2D eigenvalue weighted by atomic mass is 15.0. The minimum atomic E-state index is 0.459. The van der Waals surface area contributed by atoms with Gasteiger partial charge in [0.05, 0.1) is 0 Å². The van der Waals surface area contributed by atoms with Crippen molar-refractivity contribution in [2.24, 2.45) is 22.5 Å². The molecule has 1 unspecified atom stereocenters. The Hall–Kier alpha value is -0.0800. The van der Waals surface area contributed by atoms with E-state index in [4.69, 9.17) is 5.73 Å². The molecule has 1 atom stereocenters. The normalized spacial score (nSPS) is 25.2. The zero-order valence-electron chi connectivity index (χ0n) is 11.1. The quantitative estimate of drug-likeness (QED) is 0.709. The smallest absolute Gasteiger partial charge is 0.0181 e. The largest absolute Gasteiger partial charge is 0.330 e. The summed E-state index contributed by atoms with van der Waals surface area (Å²) in [6.45, 7) is 13.7. The van der Waals surface area contributed by atoms with Crippen molar-refractivity contribution in [3.63, 3.8) is 0 Å². The van der Waals surface area contributed by atoms with Crippen LogP contribution < -0.4 is 11.1 Å². The highest BCUT2D eigenvalue weighted by Crippen LogP contribution is 2.62. The van der Waals surface area contributed by atoms with Gasteiger partial charge in [-0.25, -0.2) is 0 Å². The first kappa shape index (κ1) is 13.0. The summed E-state index contributed by atoms with van der Waals surface area (Å²) in [5.74, 6) is 0.751. The Morgan fingerprint density at radius 3 is 2.13 bits per heavy atom. The predicted octanol–water partition coefficient (Wildman–Crippen LogP) is 2.39. The van der Waals surface area contributed by atoms with Crippen LogP contribution in [0, 0.1) is 16.7 Å². The van der Waals surface area contributed by atoms with Crippen molar-refractivity contribution >= 4 is 0 Å². The molecule has 0 amide bonds. The van der Waals surface area contributed by atoms with Gasteiger partial charge in [0.1, 0.15) is 0 Å². The summed E-state index contributed by atoms with van der Waals surface area (Å²) in [4.78, 5) is 0. The van der Waals surface area contributed by atoms with E-state index in [0.717, 1.165) is 25.4 Å². The molecular weight excluding hydrogens is 184 g/mol. The standard InChI is InChI=1S/C13H28N2/c1-10(7-6-8-14)9-15-11-12(2,3)13(11,4)5/h10-11,15H,6-9,14H2,1-5H3. The van der Waals surface area contributed by atoms with Crippen LogP contribution in [0.1, 0.15) is 47.5 Å². The molecule has 0 spiro atoms. The van der Waals surface area contributed by atoms with E-state index in [2.05, 4.69) is 39.9 Å². The second-order valence-corrected chi connectivity index (χ2v) is 6.32. The third-order valence-electron chi connectivity index (χ3n) is 4.59. The van der Waals surface area contributed by atoms with Gasteiger partial charge in [0.25, 0.3) is 0 Å². The second-order valence-electron chi connectivity index (χ2n) is 6.32. The summed E-state index contributed by atoms with van der Waals surface area (Å²) in [7, 11) is 0. The fraction of sp³-hybridized carbons (Fsp3) is 1.00. The first-order chi connectivity index (χ1) is 6.84.